The molecule has 0 heterocycles. The Balaban J connectivity index is 2.01. The number of ether oxygens (including phenoxy) is 1. The minimum Gasteiger partial charge on any atom is -0.465 e. The highest BCUT2D eigenvalue weighted by atomic mass is 16.5. The highest BCUT2D eigenvalue weighted by Crippen LogP contribution is 2.17. The molecular weight excluding hydrogens is 292 g/mol. The van der Waals surface area contributed by atoms with E-state index in [-0.39, 0.29) is 12.5 Å². The number of amides is 1. The number of anilines is 2. The number of benzene rings is 2. The molecule has 0 spiro atoms. The summed E-state index contributed by atoms with van der Waals surface area (Å²) in [6, 6.07) is 14.6. The van der Waals surface area contributed by atoms with E-state index in [1.54, 1.807) is 24.3 Å². The van der Waals surface area contributed by atoms with Crippen LogP contribution in [0.4, 0.5) is 11.4 Å². The monoisotopic (exact) mass is 312 g/mol. The summed E-state index contributed by atoms with van der Waals surface area (Å²) in [5.41, 5.74) is 2.86. The second-order valence-corrected chi connectivity index (χ2v) is 4.95. The summed E-state index contributed by atoms with van der Waals surface area (Å²) in [5, 5.41) is 5.85. The van der Waals surface area contributed by atoms with Crippen molar-refractivity contribution >= 4 is 23.3 Å². The Morgan fingerprint density at radius 1 is 1.00 bits per heavy atom. The van der Waals surface area contributed by atoms with Crippen molar-refractivity contribution in [2.24, 2.45) is 0 Å². The zero-order valence-corrected chi connectivity index (χ0v) is 13.3. The molecule has 23 heavy (non-hydrogen) atoms. The summed E-state index contributed by atoms with van der Waals surface area (Å²) in [7, 11) is 1.33. The van der Waals surface area contributed by atoms with Crippen LogP contribution >= 0.6 is 0 Å². The molecule has 1 amide bonds. The zero-order valence-electron chi connectivity index (χ0n) is 13.3. The highest BCUT2D eigenvalue weighted by Gasteiger charge is 2.12. The van der Waals surface area contributed by atoms with Gasteiger partial charge in [0.2, 0.25) is 5.91 Å². The van der Waals surface area contributed by atoms with Crippen LogP contribution in [0.1, 0.15) is 22.8 Å². The van der Waals surface area contributed by atoms with Gasteiger partial charge in [-0.1, -0.05) is 37.3 Å². The number of hydrogen-bond donors (Lipinski definition) is 2. The molecule has 2 aromatic rings. The van der Waals surface area contributed by atoms with E-state index in [0.717, 1.165) is 17.7 Å². The van der Waals surface area contributed by atoms with Crippen LogP contribution in [0.2, 0.25) is 0 Å². The number of carbonyl (C=O) groups excluding carboxylic acids is 2. The molecular formula is C18H20N2O3. The van der Waals surface area contributed by atoms with Gasteiger partial charge in [0, 0.05) is 11.4 Å². The SMILES string of the molecule is CCc1ccccc1NC(=O)CNc1ccccc1C(=O)OC. The first-order valence-electron chi connectivity index (χ1n) is 7.44. The van der Waals surface area contributed by atoms with Gasteiger partial charge in [-0.05, 0) is 30.2 Å². The summed E-state index contributed by atoms with van der Waals surface area (Å²) in [6.07, 6.45) is 0.842. The Bertz CT molecular complexity index is 698. The number of carbonyl (C=O) groups is 2. The molecule has 0 aliphatic carbocycles. The van der Waals surface area contributed by atoms with Gasteiger partial charge in [-0.2, -0.15) is 0 Å². The smallest absolute Gasteiger partial charge is 0.339 e. The lowest BCUT2D eigenvalue weighted by molar-refractivity contribution is -0.114. The van der Waals surface area contributed by atoms with Gasteiger partial charge in [-0.15, -0.1) is 0 Å². The first-order chi connectivity index (χ1) is 11.2. The molecule has 0 saturated carbocycles. The van der Waals surface area contributed by atoms with Crippen LogP contribution in [-0.2, 0) is 16.0 Å². The van der Waals surface area contributed by atoms with Crippen LogP contribution < -0.4 is 10.6 Å². The summed E-state index contributed by atoms with van der Waals surface area (Å²) in [6.45, 7) is 2.10. The standard InChI is InChI=1S/C18H20N2O3/c1-3-13-8-4-6-10-15(13)20-17(21)12-19-16-11-7-5-9-14(16)18(22)23-2/h4-11,19H,3,12H2,1-2H3,(H,20,21). The van der Waals surface area contributed by atoms with Crippen LogP contribution in [0, 0.1) is 0 Å². The average Bonchev–Trinajstić information content (AvgIpc) is 2.60. The molecule has 2 rings (SSSR count). The van der Waals surface area contributed by atoms with Gasteiger partial charge in [0.1, 0.15) is 0 Å². The van der Waals surface area contributed by atoms with Crippen LogP contribution in [0.25, 0.3) is 0 Å². The Labute approximate surface area is 135 Å². The van der Waals surface area contributed by atoms with E-state index in [9.17, 15) is 9.59 Å². The highest BCUT2D eigenvalue weighted by molar-refractivity contribution is 5.98. The maximum absolute atomic E-state index is 12.1. The summed E-state index contributed by atoms with van der Waals surface area (Å²) in [5.74, 6) is -0.615. The molecule has 0 unspecified atom stereocenters. The fourth-order valence-electron chi connectivity index (χ4n) is 2.25. The van der Waals surface area contributed by atoms with Crippen molar-refractivity contribution in [1.29, 1.82) is 0 Å². The molecule has 5 nitrogen and oxygen atoms in total. The van der Waals surface area contributed by atoms with Gasteiger partial charge >= 0.3 is 5.97 Å². The first kappa shape index (κ1) is 16.5. The van der Waals surface area contributed by atoms with E-state index in [2.05, 4.69) is 10.6 Å². The fraction of sp³-hybridized carbons (Fsp3) is 0.222. The molecule has 0 saturated heterocycles. The summed E-state index contributed by atoms with van der Waals surface area (Å²) < 4.78 is 4.73. The zero-order chi connectivity index (χ0) is 16.7. The number of methoxy groups -OCH3 is 1. The molecule has 0 fully saturated rings. The van der Waals surface area contributed by atoms with E-state index in [1.165, 1.54) is 7.11 Å². The first-order valence-corrected chi connectivity index (χ1v) is 7.44. The normalized spacial score (nSPS) is 10.0. The Hall–Kier alpha value is -2.82. The molecule has 2 aromatic carbocycles. The van der Waals surface area contributed by atoms with Crippen molar-refractivity contribution in [3.63, 3.8) is 0 Å². The number of nitrogens with one attached hydrogen (secondary N) is 2. The molecule has 120 valence electrons. The van der Waals surface area contributed by atoms with Gasteiger partial charge in [-0.3, -0.25) is 4.79 Å². The molecule has 0 atom stereocenters. The van der Waals surface area contributed by atoms with Gasteiger partial charge < -0.3 is 15.4 Å². The third-order valence-corrected chi connectivity index (χ3v) is 3.44. The van der Waals surface area contributed by atoms with E-state index >= 15 is 0 Å². The van der Waals surface area contributed by atoms with E-state index in [4.69, 9.17) is 4.74 Å². The number of aryl methyl sites for hydroxylation is 1. The van der Waals surface area contributed by atoms with Gasteiger partial charge in [-0.25, -0.2) is 4.79 Å². The van der Waals surface area contributed by atoms with Crippen molar-refractivity contribution in [2.75, 3.05) is 24.3 Å². The van der Waals surface area contributed by atoms with Crippen molar-refractivity contribution in [3.8, 4) is 0 Å². The minimum atomic E-state index is -0.440. The van der Waals surface area contributed by atoms with E-state index < -0.39 is 5.97 Å². The number of rotatable bonds is 6. The quantitative estimate of drug-likeness (QED) is 0.804. The lowest BCUT2D eigenvalue weighted by Gasteiger charge is -2.12. The molecule has 0 bridgehead atoms. The molecule has 0 aromatic heterocycles. The Kier molecular flexibility index (Phi) is 5.74. The Morgan fingerprint density at radius 3 is 2.35 bits per heavy atom. The predicted molar refractivity (Wildman–Crippen MR) is 90.7 cm³/mol. The predicted octanol–water partition coefficient (Wildman–Crippen LogP) is 3.09. The average molecular weight is 312 g/mol. The van der Waals surface area contributed by atoms with Crippen molar-refractivity contribution in [2.45, 2.75) is 13.3 Å². The summed E-state index contributed by atoms with van der Waals surface area (Å²) in [4.78, 5) is 23.8. The van der Waals surface area contributed by atoms with Crippen molar-refractivity contribution < 1.29 is 14.3 Å². The maximum atomic E-state index is 12.1. The molecule has 2 N–H and O–H groups in total. The molecule has 0 radical (unpaired) electrons. The number of para-hydroxylation sites is 2. The van der Waals surface area contributed by atoms with Gasteiger partial charge in [0.15, 0.2) is 0 Å². The van der Waals surface area contributed by atoms with Crippen LogP contribution in [0.15, 0.2) is 48.5 Å². The van der Waals surface area contributed by atoms with Crippen LogP contribution in [0.5, 0.6) is 0 Å². The van der Waals surface area contributed by atoms with Gasteiger partial charge in [0.05, 0.1) is 19.2 Å². The van der Waals surface area contributed by atoms with Crippen LogP contribution in [0.3, 0.4) is 0 Å². The maximum Gasteiger partial charge on any atom is 0.339 e. The third-order valence-electron chi connectivity index (χ3n) is 3.44. The molecule has 0 aliphatic heterocycles. The summed E-state index contributed by atoms with van der Waals surface area (Å²) >= 11 is 0. The molecule has 0 aliphatic rings. The number of hydrogen-bond acceptors (Lipinski definition) is 4. The lowest BCUT2D eigenvalue weighted by Crippen LogP contribution is -2.23. The van der Waals surface area contributed by atoms with Crippen LogP contribution in [-0.4, -0.2) is 25.5 Å². The topological polar surface area (TPSA) is 67.4 Å². The fourth-order valence-corrected chi connectivity index (χ4v) is 2.25. The Morgan fingerprint density at radius 2 is 1.65 bits per heavy atom. The number of esters is 1. The van der Waals surface area contributed by atoms with Crippen molar-refractivity contribution in [1.82, 2.24) is 0 Å². The second kappa shape index (κ2) is 7.98. The second-order valence-electron chi connectivity index (χ2n) is 4.95. The van der Waals surface area contributed by atoms with Crippen molar-refractivity contribution in [3.05, 3.63) is 59.7 Å². The van der Waals surface area contributed by atoms with Gasteiger partial charge in [0.25, 0.3) is 0 Å². The minimum absolute atomic E-state index is 0.0616. The largest absolute Gasteiger partial charge is 0.465 e. The molecule has 5 heteroatoms. The van der Waals surface area contributed by atoms with E-state index in [1.807, 2.05) is 31.2 Å². The lowest BCUT2D eigenvalue weighted by atomic mass is 10.1. The third kappa shape index (κ3) is 4.32. The van der Waals surface area contributed by atoms with E-state index in [0.29, 0.717) is 11.3 Å².